The second kappa shape index (κ2) is 3.49. The molecule has 1 saturated carbocycles. The van der Waals surface area contributed by atoms with Gasteiger partial charge in [0.25, 0.3) is 0 Å². The van der Waals surface area contributed by atoms with Crippen molar-refractivity contribution in [1.82, 2.24) is 0 Å². The number of carbonyl (C=O) groups excluding carboxylic acids is 1. The molecule has 0 spiro atoms. The normalized spacial score (nSPS) is 33.5. The molecule has 0 aromatic heterocycles. The van der Waals surface area contributed by atoms with Crippen LogP contribution in [-0.4, -0.2) is 5.78 Å². The van der Waals surface area contributed by atoms with E-state index in [0.29, 0.717) is 6.42 Å². The van der Waals surface area contributed by atoms with E-state index in [2.05, 4.69) is 19.9 Å². The predicted octanol–water partition coefficient (Wildman–Crippen LogP) is 2.54. The van der Waals surface area contributed by atoms with Gasteiger partial charge in [-0.2, -0.15) is 5.26 Å². The highest BCUT2D eigenvalue weighted by Gasteiger charge is 2.34. The summed E-state index contributed by atoms with van der Waals surface area (Å²) in [5, 5.41) is 8.87. The van der Waals surface area contributed by atoms with Crippen LogP contribution in [-0.2, 0) is 4.79 Å². The van der Waals surface area contributed by atoms with Gasteiger partial charge in [0, 0.05) is 12.3 Å². The molecule has 0 aromatic carbocycles. The van der Waals surface area contributed by atoms with Crippen LogP contribution in [0, 0.1) is 28.6 Å². The molecule has 0 unspecified atom stereocenters. The van der Waals surface area contributed by atoms with E-state index in [4.69, 9.17) is 5.26 Å². The van der Waals surface area contributed by atoms with Crippen LogP contribution >= 0.6 is 0 Å². The summed E-state index contributed by atoms with van der Waals surface area (Å²) in [4.78, 5) is 11.6. The van der Waals surface area contributed by atoms with Crippen LogP contribution in [0.25, 0.3) is 0 Å². The number of Topliss-reactive ketones (excluding diaryl/α,β-unsaturated/α-hetero) is 1. The molecule has 0 amide bonds. The topological polar surface area (TPSA) is 40.9 Å². The van der Waals surface area contributed by atoms with E-state index in [0.717, 1.165) is 12.8 Å². The highest BCUT2D eigenvalue weighted by atomic mass is 16.1. The molecule has 0 aliphatic heterocycles. The van der Waals surface area contributed by atoms with Gasteiger partial charge in [0.15, 0.2) is 0 Å². The predicted molar refractivity (Wildman–Crippen MR) is 50.9 cm³/mol. The van der Waals surface area contributed by atoms with Gasteiger partial charge in [-0.3, -0.25) is 4.79 Å². The molecule has 13 heavy (non-hydrogen) atoms. The van der Waals surface area contributed by atoms with Gasteiger partial charge in [0.2, 0.25) is 0 Å². The van der Waals surface area contributed by atoms with Crippen molar-refractivity contribution in [1.29, 1.82) is 5.26 Å². The number of nitriles is 1. The molecular weight excluding hydrogens is 162 g/mol. The minimum atomic E-state index is -0.0632. The standard InChI is InChI=1S/C11H17NO/c1-8-9(7-12)4-5-11(2,3)6-10(8)13/h8-9H,4-6H2,1-3H3/t8-,9-/m1/s1. The lowest BCUT2D eigenvalue weighted by Crippen LogP contribution is -2.19. The highest BCUT2D eigenvalue weighted by molar-refractivity contribution is 5.82. The van der Waals surface area contributed by atoms with Crippen LogP contribution < -0.4 is 0 Å². The van der Waals surface area contributed by atoms with Crippen molar-refractivity contribution in [2.75, 3.05) is 0 Å². The fourth-order valence-electron chi connectivity index (χ4n) is 1.92. The van der Waals surface area contributed by atoms with E-state index >= 15 is 0 Å². The molecule has 0 heterocycles. The molecule has 0 N–H and O–H groups in total. The van der Waals surface area contributed by atoms with Gasteiger partial charge >= 0.3 is 0 Å². The van der Waals surface area contributed by atoms with Gasteiger partial charge in [-0.25, -0.2) is 0 Å². The van der Waals surface area contributed by atoms with Crippen molar-refractivity contribution in [2.45, 2.75) is 40.0 Å². The SMILES string of the molecule is C[C@H]1C(=O)CC(C)(C)CC[C@@H]1C#N. The Morgan fingerprint density at radius 2 is 2.15 bits per heavy atom. The van der Waals surface area contributed by atoms with Crippen molar-refractivity contribution in [3.63, 3.8) is 0 Å². The van der Waals surface area contributed by atoms with E-state index in [9.17, 15) is 4.79 Å². The first kappa shape index (κ1) is 10.2. The first-order chi connectivity index (χ1) is 5.96. The summed E-state index contributed by atoms with van der Waals surface area (Å²) in [5.74, 6) is 0.134. The summed E-state index contributed by atoms with van der Waals surface area (Å²) in [6, 6.07) is 2.24. The van der Waals surface area contributed by atoms with Crippen molar-refractivity contribution >= 4 is 5.78 Å². The average Bonchev–Trinajstić information content (AvgIpc) is 2.11. The molecule has 1 aliphatic carbocycles. The smallest absolute Gasteiger partial charge is 0.137 e. The Bertz CT molecular complexity index is 249. The summed E-state index contributed by atoms with van der Waals surface area (Å²) in [7, 11) is 0. The molecule has 1 aliphatic rings. The van der Waals surface area contributed by atoms with Gasteiger partial charge < -0.3 is 0 Å². The van der Waals surface area contributed by atoms with Gasteiger partial charge in [-0.15, -0.1) is 0 Å². The fraction of sp³-hybridized carbons (Fsp3) is 0.818. The van der Waals surface area contributed by atoms with E-state index in [1.807, 2.05) is 6.92 Å². The minimum Gasteiger partial charge on any atom is -0.299 e. The molecule has 72 valence electrons. The van der Waals surface area contributed by atoms with Crippen molar-refractivity contribution in [3.8, 4) is 6.07 Å². The Morgan fingerprint density at radius 1 is 1.54 bits per heavy atom. The quantitative estimate of drug-likeness (QED) is 0.536. The van der Waals surface area contributed by atoms with E-state index in [1.165, 1.54) is 0 Å². The zero-order valence-electron chi connectivity index (χ0n) is 8.63. The van der Waals surface area contributed by atoms with E-state index in [-0.39, 0.29) is 23.0 Å². The van der Waals surface area contributed by atoms with E-state index in [1.54, 1.807) is 0 Å². The van der Waals surface area contributed by atoms with Gasteiger partial charge in [0.05, 0.1) is 12.0 Å². The van der Waals surface area contributed by atoms with Gasteiger partial charge in [0.1, 0.15) is 5.78 Å². The summed E-state index contributed by atoms with van der Waals surface area (Å²) < 4.78 is 0. The van der Waals surface area contributed by atoms with Crippen LogP contribution in [0.1, 0.15) is 40.0 Å². The molecular formula is C11H17NO. The Kier molecular flexibility index (Phi) is 2.75. The number of carbonyl (C=O) groups is 1. The second-order valence-electron chi connectivity index (χ2n) is 4.87. The summed E-state index contributed by atoms with van der Waals surface area (Å²) in [6.45, 7) is 6.10. The van der Waals surface area contributed by atoms with Crippen LogP contribution in [0.5, 0.6) is 0 Å². The molecule has 0 saturated heterocycles. The molecule has 1 fully saturated rings. The number of ketones is 1. The first-order valence-corrected chi connectivity index (χ1v) is 4.88. The molecule has 0 bridgehead atoms. The Morgan fingerprint density at radius 3 is 2.69 bits per heavy atom. The molecule has 0 aromatic rings. The fourth-order valence-corrected chi connectivity index (χ4v) is 1.92. The maximum Gasteiger partial charge on any atom is 0.137 e. The third kappa shape index (κ3) is 2.30. The van der Waals surface area contributed by atoms with Gasteiger partial charge in [-0.05, 0) is 18.3 Å². The number of hydrogen-bond acceptors (Lipinski definition) is 2. The summed E-state index contributed by atoms with van der Waals surface area (Å²) >= 11 is 0. The molecule has 0 radical (unpaired) electrons. The monoisotopic (exact) mass is 179 g/mol. The molecule has 2 nitrogen and oxygen atoms in total. The summed E-state index contributed by atoms with van der Waals surface area (Å²) in [6.07, 6.45) is 2.49. The Balaban J connectivity index is 2.81. The highest BCUT2D eigenvalue weighted by Crippen LogP contribution is 2.36. The van der Waals surface area contributed by atoms with Crippen molar-refractivity contribution < 1.29 is 4.79 Å². The first-order valence-electron chi connectivity index (χ1n) is 4.88. The van der Waals surface area contributed by atoms with Crippen LogP contribution in [0.2, 0.25) is 0 Å². The summed E-state index contributed by atoms with van der Waals surface area (Å²) in [5.41, 5.74) is 0.0942. The van der Waals surface area contributed by atoms with Crippen LogP contribution in [0.15, 0.2) is 0 Å². The maximum absolute atomic E-state index is 11.6. The number of hydrogen-bond donors (Lipinski definition) is 0. The van der Waals surface area contributed by atoms with Crippen molar-refractivity contribution in [2.24, 2.45) is 17.3 Å². The lowest BCUT2D eigenvalue weighted by Gasteiger charge is -2.20. The maximum atomic E-state index is 11.6. The molecule has 2 heteroatoms. The van der Waals surface area contributed by atoms with Crippen LogP contribution in [0.3, 0.4) is 0 Å². The zero-order chi connectivity index (χ0) is 10.1. The zero-order valence-corrected chi connectivity index (χ0v) is 8.63. The van der Waals surface area contributed by atoms with Crippen molar-refractivity contribution in [3.05, 3.63) is 0 Å². The Labute approximate surface area is 79.9 Å². The van der Waals surface area contributed by atoms with Gasteiger partial charge in [-0.1, -0.05) is 20.8 Å². The second-order valence-corrected chi connectivity index (χ2v) is 4.87. The lowest BCUT2D eigenvalue weighted by molar-refractivity contribution is -0.124. The van der Waals surface area contributed by atoms with E-state index < -0.39 is 0 Å². The molecule has 2 atom stereocenters. The third-order valence-electron chi connectivity index (χ3n) is 3.06. The third-order valence-corrected chi connectivity index (χ3v) is 3.06. The number of nitrogens with zero attached hydrogens (tertiary/aromatic N) is 1. The largest absolute Gasteiger partial charge is 0.299 e. The van der Waals surface area contributed by atoms with Crippen LogP contribution in [0.4, 0.5) is 0 Å². The lowest BCUT2D eigenvalue weighted by atomic mass is 9.84. The number of rotatable bonds is 0. The average molecular weight is 179 g/mol. The Hall–Kier alpha value is -0.840. The molecule has 1 rings (SSSR count). The minimum absolute atomic E-state index is 0.0609.